The van der Waals surface area contributed by atoms with Crippen molar-refractivity contribution in [1.29, 1.82) is 0 Å². The van der Waals surface area contributed by atoms with Crippen molar-refractivity contribution in [2.45, 2.75) is 0 Å². The van der Waals surface area contributed by atoms with Crippen molar-refractivity contribution in [3.8, 4) is 0 Å². The molecule has 5 nitrogen and oxygen atoms in total. The van der Waals surface area contributed by atoms with Crippen LogP contribution in [0, 0.1) is 0 Å². The number of nitrogens with two attached hydrogens (primary N) is 1. The number of aromatic nitrogens is 2. The van der Waals surface area contributed by atoms with Crippen LogP contribution in [0.2, 0.25) is 0 Å². The zero-order valence-electron chi connectivity index (χ0n) is 9.73. The van der Waals surface area contributed by atoms with Crippen LogP contribution in [0.1, 0.15) is 0 Å². The molecule has 0 saturated carbocycles. The Morgan fingerprint density at radius 1 is 1.17 bits per heavy atom. The normalized spacial score (nSPS) is 10.1. The highest BCUT2D eigenvalue weighted by Gasteiger charge is 2.01. The van der Waals surface area contributed by atoms with E-state index < -0.39 is 0 Å². The molecule has 2 aromatic rings. The highest BCUT2D eigenvalue weighted by Crippen LogP contribution is 2.24. The topological polar surface area (TPSA) is 75.9 Å². The molecule has 1 heterocycles. The SMILES string of the molecule is NCCNc1cc(Nc2ccccc2Br)ncn1. The average molecular weight is 308 g/mol. The summed E-state index contributed by atoms with van der Waals surface area (Å²) in [5, 5.41) is 6.33. The molecule has 94 valence electrons. The van der Waals surface area contributed by atoms with Gasteiger partial charge in [0.05, 0.1) is 5.69 Å². The first kappa shape index (κ1) is 12.8. The summed E-state index contributed by atoms with van der Waals surface area (Å²) in [5.41, 5.74) is 6.39. The van der Waals surface area contributed by atoms with Gasteiger partial charge in [0.15, 0.2) is 0 Å². The van der Waals surface area contributed by atoms with Gasteiger partial charge in [-0.1, -0.05) is 12.1 Å². The van der Waals surface area contributed by atoms with Crippen LogP contribution in [0.4, 0.5) is 17.3 Å². The molecule has 18 heavy (non-hydrogen) atoms. The summed E-state index contributed by atoms with van der Waals surface area (Å²) in [5.74, 6) is 1.49. The monoisotopic (exact) mass is 307 g/mol. The number of benzene rings is 1. The molecule has 0 fully saturated rings. The number of para-hydroxylation sites is 1. The molecular weight excluding hydrogens is 294 g/mol. The van der Waals surface area contributed by atoms with Gasteiger partial charge in [0.25, 0.3) is 0 Å². The van der Waals surface area contributed by atoms with Gasteiger partial charge in [-0.05, 0) is 28.1 Å². The first-order valence-corrected chi connectivity index (χ1v) is 6.36. The Kier molecular flexibility index (Phi) is 4.49. The van der Waals surface area contributed by atoms with Gasteiger partial charge in [-0.25, -0.2) is 9.97 Å². The lowest BCUT2D eigenvalue weighted by molar-refractivity contribution is 1.00. The van der Waals surface area contributed by atoms with E-state index in [0.717, 1.165) is 21.8 Å². The summed E-state index contributed by atoms with van der Waals surface area (Å²) >= 11 is 3.48. The van der Waals surface area contributed by atoms with E-state index in [4.69, 9.17) is 5.73 Å². The summed E-state index contributed by atoms with van der Waals surface area (Å²) in [6.07, 6.45) is 1.51. The van der Waals surface area contributed by atoms with Crippen LogP contribution in [0.3, 0.4) is 0 Å². The van der Waals surface area contributed by atoms with Crippen LogP contribution in [-0.4, -0.2) is 23.1 Å². The molecular formula is C12H14BrN5. The zero-order chi connectivity index (χ0) is 12.8. The molecule has 0 bridgehead atoms. The fourth-order valence-corrected chi connectivity index (χ4v) is 1.81. The van der Waals surface area contributed by atoms with E-state index in [1.165, 1.54) is 6.33 Å². The minimum Gasteiger partial charge on any atom is -0.369 e. The van der Waals surface area contributed by atoms with Gasteiger partial charge in [0.2, 0.25) is 0 Å². The van der Waals surface area contributed by atoms with Crippen LogP contribution in [0.5, 0.6) is 0 Å². The number of anilines is 3. The number of hydrogen-bond donors (Lipinski definition) is 3. The zero-order valence-corrected chi connectivity index (χ0v) is 11.3. The van der Waals surface area contributed by atoms with E-state index >= 15 is 0 Å². The van der Waals surface area contributed by atoms with Crippen molar-refractivity contribution in [2.24, 2.45) is 5.73 Å². The molecule has 1 aromatic heterocycles. The van der Waals surface area contributed by atoms with Gasteiger partial charge in [-0.3, -0.25) is 0 Å². The Labute approximate surface area is 114 Å². The lowest BCUT2D eigenvalue weighted by atomic mass is 10.3. The Hall–Kier alpha value is -1.66. The van der Waals surface area contributed by atoms with Crippen molar-refractivity contribution in [3.63, 3.8) is 0 Å². The lowest BCUT2D eigenvalue weighted by Gasteiger charge is -2.09. The van der Waals surface area contributed by atoms with E-state index in [9.17, 15) is 0 Å². The van der Waals surface area contributed by atoms with E-state index in [1.54, 1.807) is 0 Å². The summed E-state index contributed by atoms with van der Waals surface area (Å²) in [7, 11) is 0. The maximum atomic E-state index is 5.43. The largest absolute Gasteiger partial charge is 0.369 e. The van der Waals surface area contributed by atoms with Crippen LogP contribution >= 0.6 is 15.9 Å². The van der Waals surface area contributed by atoms with Crippen molar-refractivity contribution in [1.82, 2.24) is 9.97 Å². The number of rotatable bonds is 5. The molecule has 0 unspecified atom stereocenters. The summed E-state index contributed by atoms with van der Waals surface area (Å²) in [6.45, 7) is 1.25. The standard InChI is InChI=1S/C12H14BrN5/c13-9-3-1-2-4-10(9)18-12-7-11(15-6-5-14)16-8-17-12/h1-4,7-8H,5-6,14H2,(H2,15,16,17,18). The maximum absolute atomic E-state index is 5.43. The molecule has 0 aliphatic heterocycles. The van der Waals surface area contributed by atoms with Gasteiger partial charge >= 0.3 is 0 Å². The highest BCUT2D eigenvalue weighted by molar-refractivity contribution is 9.10. The van der Waals surface area contributed by atoms with Crippen molar-refractivity contribution in [2.75, 3.05) is 23.7 Å². The predicted octanol–water partition coefficient (Wildman–Crippen LogP) is 2.35. The fourth-order valence-electron chi connectivity index (χ4n) is 1.42. The van der Waals surface area contributed by atoms with Gasteiger partial charge in [0.1, 0.15) is 18.0 Å². The second-order valence-electron chi connectivity index (χ2n) is 3.61. The maximum Gasteiger partial charge on any atom is 0.135 e. The minimum atomic E-state index is 0.566. The Balaban J connectivity index is 2.12. The smallest absolute Gasteiger partial charge is 0.135 e. The van der Waals surface area contributed by atoms with Crippen molar-refractivity contribution < 1.29 is 0 Å². The lowest BCUT2D eigenvalue weighted by Crippen LogP contribution is -2.14. The summed E-state index contributed by atoms with van der Waals surface area (Å²) < 4.78 is 0.986. The van der Waals surface area contributed by atoms with Crippen LogP contribution in [0.25, 0.3) is 0 Å². The number of nitrogens with zero attached hydrogens (tertiary/aromatic N) is 2. The second kappa shape index (κ2) is 6.32. The van der Waals surface area contributed by atoms with Crippen LogP contribution < -0.4 is 16.4 Å². The number of halogens is 1. The van der Waals surface area contributed by atoms with E-state index in [0.29, 0.717) is 13.1 Å². The highest BCUT2D eigenvalue weighted by atomic mass is 79.9. The van der Waals surface area contributed by atoms with Crippen LogP contribution in [0.15, 0.2) is 41.1 Å². The quantitative estimate of drug-likeness (QED) is 0.790. The Morgan fingerprint density at radius 2 is 1.94 bits per heavy atom. The molecule has 2 rings (SSSR count). The van der Waals surface area contributed by atoms with Gasteiger partial charge in [0, 0.05) is 23.6 Å². The molecule has 6 heteroatoms. The average Bonchev–Trinajstić information content (AvgIpc) is 2.40. The summed E-state index contributed by atoms with van der Waals surface area (Å²) in [6, 6.07) is 9.71. The first-order chi connectivity index (χ1) is 8.79. The van der Waals surface area contributed by atoms with Crippen LogP contribution in [-0.2, 0) is 0 Å². The number of nitrogens with one attached hydrogen (secondary N) is 2. The van der Waals surface area contributed by atoms with E-state index in [-0.39, 0.29) is 0 Å². The molecule has 0 atom stereocenters. The minimum absolute atomic E-state index is 0.566. The first-order valence-electron chi connectivity index (χ1n) is 5.57. The van der Waals surface area contributed by atoms with Crippen molar-refractivity contribution in [3.05, 3.63) is 41.1 Å². The molecule has 4 N–H and O–H groups in total. The third-order valence-corrected chi connectivity index (χ3v) is 2.95. The fraction of sp³-hybridized carbons (Fsp3) is 0.167. The predicted molar refractivity (Wildman–Crippen MR) is 77.0 cm³/mol. The summed E-state index contributed by atoms with van der Waals surface area (Å²) in [4.78, 5) is 8.28. The second-order valence-corrected chi connectivity index (χ2v) is 4.46. The Bertz CT molecular complexity index is 517. The third kappa shape index (κ3) is 3.41. The van der Waals surface area contributed by atoms with E-state index in [2.05, 4.69) is 36.5 Å². The molecule has 0 aliphatic carbocycles. The van der Waals surface area contributed by atoms with Crippen molar-refractivity contribution >= 4 is 33.3 Å². The molecule has 0 aliphatic rings. The number of hydrogen-bond acceptors (Lipinski definition) is 5. The van der Waals surface area contributed by atoms with Gasteiger partial charge in [-0.2, -0.15) is 0 Å². The molecule has 0 amide bonds. The van der Waals surface area contributed by atoms with Gasteiger partial charge < -0.3 is 16.4 Å². The molecule has 0 radical (unpaired) electrons. The van der Waals surface area contributed by atoms with Gasteiger partial charge in [-0.15, -0.1) is 0 Å². The third-order valence-electron chi connectivity index (χ3n) is 2.25. The molecule has 0 spiro atoms. The molecule has 1 aromatic carbocycles. The Morgan fingerprint density at radius 3 is 2.72 bits per heavy atom. The van der Waals surface area contributed by atoms with E-state index in [1.807, 2.05) is 30.3 Å². The molecule has 0 saturated heterocycles.